The van der Waals surface area contributed by atoms with Crippen LogP contribution in [0.15, 0.2) is 83.5 Å². The predicted octanol–water partition coefficient (Wildman–Crippen LogP) is 3.21. The summed E-state index contributed by atoms with van der Waals surface area (Å²) < 4.78 is 5.29. The molecule has 1 aliphatic rings. The van der Waals surface area contributed by atoms with Crippen molar-refractivity contribution in [3.63, 3.8) is 0 Å². The fraction of sp³-hybridized carbons (Fsp3) is 0.320. The highest BCUT2D eigenvalue weighted by Crippen LogP contribution is 2.14. The fourth-order valence-corrected chi connectivity index (χ4v) is 4.29. The van der Waals surface area contributed by atoms with Crippen molar-refractivity contribution in [2.75, 3.05) is 19.6 Å². The number of hydrogen-bond acceptors (Lipinski definition) is 2. The number of nitrogens with one attached hydrogen (secondary N) is 1. The minimum Gasteiger partial charge on any atom is -0.459 e. The lowest BCUT2D eigenvalue weighted by atomic mass is 10.0. The fourth-order valence-electron chi connectivity index (χ4n) is 4.29. The molecule has 1 atom stereocenters. The van der Waals surface area contributed by atoms with Crippen molar-refractivity contribution in [1.29, 1.82) is 0 Å². The molecule has 0 spiro atoms. The van der Waals surface area contributed by atoms with Gasteiger partial charge in [-0.2, -0.15) is 0 Å². The van der Waals surface area contributed by atoms with E-state index in [0.717, 1.165) is 45.4 Å². The Balaban J connectivity index is 1.40. The minimum atomic E-state index is 0.0161. The Morgan fingerprint density at radius 2 is 1.55 bits per heavy atom. The van der Waals surface area contributed by atoms with Crippen LogP contribution in [0.1, 0.15) is 34.5 Å². The van der Waals surface area contributed by atoms with Crippen LogP contribution >= 0.6 is 0 Å². The lowest BCUT2D eigenvalue weighted by molar-refractivity contribution is -0.940. The molecule has 3 aromatic rings. The van der Waals surface area contributed by atoms with Gasteiger partial charge in [0, 0.05) is 37.9 Å². The molecule has 0 radical (unpaired) electrons. The van der Waals surface area contributed by atoms with Crippen LogP contribution in [-0.2, 0) is 13.0 Å². The number of carbonyl (C=O) groups is 1. The molecule has 0 bridgehead atoms. The van der Waals surface area contributed by atoms with E-state index >= 15 is 0 Å². The van der Waals surface area contributed by atoms with E-state index in [9.17, 15) is 4.79 Å². The van der Waals surface area contributed by atoms with Gasteiger partial charge in [-0.05, 0) is 17.7 Å². The van der Waals surface area contributed by atoms with E-state index in [1.165, 1.54) is 11.1 Å². The highest BCUT2D eigenvalue weighted by atomic mass is 16.3. The third kappa shape index (κ3) is 5.15. The molecule has 29 heavy (non-hydrogen) atoms. The molecule has 1 aromatic heterocycles. The topological polar surface area (TPSA) is 37.9 Å². The molecule has 4 heteroatoms. The third-order valence-electron chi connectivity index (χ3n) is 5.94. The van der Waals surface area contributed by atoms with Crippen LogP contribution < -0.4 is 4.90 Å². The van der Waals surface area contributed by atoms with Gasteiger partial charge in [0.25, 0.3) is 5.91 Å². The van der Waals surface area contributed by atoms with Crippen molar-refractivity contribution >= 4 is 5.91 Å². The average Bonchev–Trinajstić information content (AvgIpc) is 3.33. The second-order valence-corrected chi connectivity index (χ2v) is 7.85. The minimum absolute atomic E-state index is 0.0161. The number of hydrogen-bond donors (Lipinski definition) is 1. The third-order valence-corrected chi connectivity index (χ3v) is 5.94. The zero-order valence-corrected chi connectivity index (χ0v) is 16.8. The summed E-state index contributed by atoms with van der Waals surface area (Å²) in [6.45, 7) is 3.74. The van der Waals surface area contributed by atoms with E-state index in [1.54, 1.807) is 23.3 Å². The van der Waals surface area contributed by atoms with Gasteiger partial charge in [0.1, 0.15) is 6.54 Å². The Bertz CT molecular complexity index is 870. The van der Waals surface area contributed by atoms with Crippen molar-refractivity contribution in [2.45, 2.75) is 31.8 Å². The van der Waals surface area contributed by atoms with Crippen molar-refractivity contribution in [1.82, 2.24) is 4.90 Å². The molecule has 1 unspecified atom stereocenters. The van der Waals surface area contributed by atoms with Gasteiger partial charge >= 0.3 is 0 Å². The SMILES string of the molecule is O=C(c1ccco1)N1CCC([NH+](CCc2ccccc2)Cc2ccccc2)CC1. The van der Waals surface area contributed by atoms with Gasteiger partial charge in [-0.15, -0.1) is 0 Å². The molecule has 150 valence electrons. The maximum atomic E-state index is 12.6. The summed E-state index contributed by atoms with van der Waals surface area (Å²) in [6.07, 6.45) is 4.71. The molecule has 4 nitrogen and oxygen atoms in total. The number of likely N-dealkylation sites (tertiary alicyclic amines) is 1. The second kappa shape index (κ2) is 9.57. The number of benzene rings is 2. The van der Waals surface area contributed by atoms with Crippen LogP contribution in [0.4, 0.5) is 0 Å². The first-order valence-electron chi connectivity index (χ1n) is 10.5. The second-order valence-electron chi connectivity index (χ2n) is 7.85. The molecule has 0 aliphatic carbocycles. The summed E-state index contributed by atoms with van der Waals surface area (Å²) in [5.74, 6) is 0.461. The number of amides is 1. The van der Waals surface area contributed by atoms with E-state index in [4.69, 9.17) is 4.42 Å². The summed E-state index contributed by atoms with van der Waals surface area (Å²) in [7, 11) is 0. The Hall–Kier alpha value is -2.85. The predicted molar refractivity (Wildman–Crippen MR) is 114 cm³/mol. The van der Waals surface area contributed by atoms with Gasteiger partial charge in [-0.1, -0.05) is 60.7 Å². The number of quaternary nitrogens is 1. The van der Waals surface area contributed by atoms with Crippen molar-refractivity contribution in [3.8, 4) is 0 Å². The highest BCUT2D eigenvalue weighted by molar-refractivity contribution is 5.91. The van der Waals surface area contributed by atoms with E-state index in [1.807, 2.05) is 4.90 Å². The summed E-state index contributed by atoms with van der Waals surface area (Å²) in [5, 5.41) is 0. The van der Waals surface area contributed by atoms with E-state index in [0.29, 0.717) is 11.8 Å². The van der Waals surface area contributed by atoms with Crippen LogP contribution in [0.25, 0.3) is 0 Å². The van der Waals surface area contributed by atoms with Gasteiger partial charge in [-0.3, -0.25) is 4.79 Å². The first-order chi connectivity index (χ1) is 14.3. The first-order valence-corrected chi connectivity index (χ1v) is 10.5. The number of nitrogens with zero attached hydrogens (tertiary/aromatic N) is 1. The van der Waals surface area contributed by atoms with E-state index < -0.39 is 0 Å². The molecule has 1 fully saturated rings. The first kappa shape index (κ1) is 19.5. The average molecular weight is 390 g/mol. The Labute approximate surface area is 172 Å². The molecule has 0 saturated carbocycles. The quantitative estimate of drug-likeness (QED) is 0.674. The summed E-state index contributed by atoms with van der Waals surface area (Å²) in [5.41, 5.74) is 2.77. The monoisotopic (exact) mass is 389 g/mol. The lowest BCUT2D eigenvalue weighted by Gasteiger charge is -2.36. The number of rotatable bonds is 7. The summed E-state index contributed by atoms with van der Waals surface area (Å²) in [6, 6.07) is 25.6. The zero-order valence-electron chi connectivity index (χ0n) is 16.8. The number of piperidine rings is 1. The van der Waals surface area contributed by atoms with Gasteiger partial charge < -0.3 is 14.2 Å². The lowest BCUT2D eigenvalue weighted by Crippen LogP contribution is -3.15. The van der Waals surface area contributed by atoms with Gasteiger partial charge in [0.05, 0.1) is 18.8 Å². The summed E-state index contributed by atoms with van der Waals surface area (Å²) >= 11 is 0. The molecule has 2 aromatic carbocycles. The zero-order chi connectivity index (χ0) is 19.9. The summed E-state index contributed by atoms with van der Waals surface area (Å²) in [4.78, 5) is 16.1. The van der Waals surface area contributed by atoms with Crippen molar-refractivity contribution in [3.05, 3.63) is 95.9 Å². The van der Waals surface area contributed by atoms with Crippen molar-refractivity contribution < 1.29 is 14.1 Å². The van der Waals surface area contributed by atoms with Crippen LogP contribution in [0, 0.1) is 0 Å². The molecular formula is C25H29N2O2+. The largest absolute Gasteiger partial charge is 0.459 e. The Morgan fingerprint density at radius 1 is 0.897 bits per heavy atom. The molecule has 1 N–H and O–H groups in total. The Morgan fingerprint density at radius 3 is 2.17 bits per heavy atom. The highest BCUT2D eigenvalue weighted by Gasteiger charge is 2.30. The molecule has 1 amide bonds. The molecule has 2 heterocycles. The normalized spacial score (nSPS) is 15.9. The molecular weight excluding hydrogens is 360 g/mol. The van der Waals surface area contributed by atoms with E-state index in [2.05, 4.69) is 60.7 Å². The van der Waals surface area contributed by atoms with Gasteiger partial charge in [0.2, 0.25) is 0 Å². The maximum Gasteiger partial charge on any atom is 0.289 e. The van der Waals surface area contributed by atoms with Gasteiger partial charge in [-0.25, -0.2) is 0 Å². The van der Waals surface area contributed by atoms with E-state index in [-0.39, 0.29) is 5.91 Å². The van der Waals surface area contributed by atoms with Gasteiger partial charge in [0.15, 0.2) is 5.76 Å². The maximum absolute atomic E-state index is 12.6. The molecule has 1 aliphatic heterocycles. The molecule has 1 saturated heterocycles. The van der Waals surface area contributed by atoms with Crippen LogP contribution in [0.5, 0.6) is 0 Å². The molecule has 4 rings (SSSR count). The van der Waals surface area contributed by atoms with Crippen LogP contribution in [0.3, 0.4) is 0 Å². The smallest absolute Gasteiger partial charge is 0.289 e. The van der Waals surface area contributed by atoms with Crippen LogP contribution in [0.2, 0.25) is 0 Å². The standard InChI is InChI=1S/C25H28N2O2/c28-25(24-12-7-19-29-24)26-17-14-23(15-18-26)27(20-22-10-5-2-6-11-22)16-13-21-8-3-1-4-9-21/h1-12,19,23H,13-18,20H2/p+1. The number of furan rings is 1. The van der Waals surface area contributed by atoms with Crippen LogP contribution in [-0.4, -0.2) is 36.5 Å². The Kier molecular flexibility index (Phi) is 6.42. The number of carbonyl (C=O) groups excluding carboxylic acids is 1. The van der Waals surface area contributed by atoms with Crippen molar-refractivity contribution in [2.24, 2.45) is 0 Å².